The van der Waals surface area contributed by atoms with Crippen LogP contribution in [0.2, 0.25) is 0 Å². The second-order valence-corrected chi connectivity index (χ2v) is 11.5. The number of nitrogens with one attached hydrogen (secondary N) is 1. The highest BCUT2D eigenvalue weighted by molar-refractivity contribution is 7.94. The maximum atomic E-state index is 12.4. The molecule has 4 bridgehead atoms. The van der Waals surface area contributed by atoms with Crippen LogP contribution in [0.4, 0.5) is 5.13 Å². The van der Waals surface area contributed by atoms with Gasteiger partial charge in [0.2, 0.25) is 0 Å². The minimum atomic E-state index is -3.50. The Bertz CT molecular complexity index is 819. The number of nitrogens with zero attached hydrogens (tertiary/aromatic N) is 1. The zero-order valence-corrected chi connectivity index (χ0v) is 15.7. The zero-order valence-electron chi connectivity index (χ0n) is 13.3. The molecule has 0 aromatic carbocycles. The molecule has 0 saturated heterocycles. The maximum absolute atomic E-state index is 12.4. The van der Waals surface area contributed by atoms with Gasteiger partial charge in [-0.25, -0.2) is 13.4 Å². The predicted octanol–water partition coefficient (Wildman–Crippen LogP) is 4.47. The fraction of sp³-hybridized carbons (Fsp3) is 0.588. The first kappa shape index (κ1) is 15.3. The zero-order chi connectivity index (χ0) is 16.4. The molecule has 4 nitrogen and oxygen atoms in total. The Morgan fingerprint density at radius 1 is 1.08 bits per heavy atom. The molecule has 0 radical (unpaired) electrons. The van der Waals surface area contributed by atoms with Crippen molar-refractivity contribution in [1.82, 2.24) is 4.98 Å². The van der Waals surface area contributed by atoms with E-state index in [4.69, 9.17) is 4.98 Å². The van der Waals surface area contributed by atoms with Crippen LogP contribution in [0.25, 0.3) is 0 Å². The lowest BCUT2D eigenvalue weighted by molar-refractivity contribution is -0.00688. The van der Waals surface area contributed by atoms with Crippen molar-refractivity contribution in [3.8, 4) is 0 Å². The van der Waals surface area contributed by atoms with Crippen LogP contribution in [-0.4, -0.2) is 13.4 Å². The number of sulfonamides is 1. The van der Waals surface area contributed by atoms with Crippen molar-refractivity contribution >= 4 is 37.8 Å². The number of thiazole rings is 1. The quantitative estimate of drug-likeness (QED) is 0.851. The summed E-state index contributed by atoms with van der Waals surface area (Å²) in [6.45, 7) is 0. The second kappa shape index (κ2) is 5.29. The van der Waals surface area contributed by atoms with E-state index in [0.29, 0.717) is 9.34 Å². The molecule has 24 heavy (non-hydrogen) atoms. The summed E-state index contributed by atoms with van der Waals surface area (Å²) < 4.78 is 27.8. The van der Waals surface area contributed by atoms with Gasteiger partial charge in [0.15, 0.2) is 5.13 Å². The molecule has 128 valence electrons. The molecule has 2 aromatic heterocycles. The Morgan fingerprint density at radius 3 is 2.33 bits per heavy atom. The molecule has 7 heteroatoms. The Labute approximate surface area is 150 Å². The van der Waals surface area contributed by atoms with Crippen molar-refractivity contribution < 1.29 is 8.42 Å². The number of rotatable bonds is 4. The number of hydrogen-bond donors (Lipinski definition) is 1. The third-order valence-corrected chi connectivity index (χ3v) is 9.69. The third-order valence-electron chi connectivity index (χ3n) is 6.07. The minimum absolute atomic E-state index is 0.220. The van der Waals surface area contributed by atoms with Crippen molar-refractivity contribution in [3.63, 3.8) is 0 Å². The van der Waals surface area contributed by atoms with Gasteiger partial charge in [-0.05, 0) is 67.7 Å². The van der Waals surface area contributed by atoms with Gasteiger partial charge >= 0.3 is 0 Å². The standard InChI is InChI=1S/C17H20N2O2S3/c20-24(21,15-2-1-3-22-15)19-16-18-14(10-23-16)17-7-11-4-12(8-17)6-13(5-11)9-17/h1-3,10-13H,4-9H2,(H,18,19). The van der Waals surface area contributed by atoms with Crippen molar-refractivity contribution in [2.75, 3.05) is 4.72 Å². The summed E-state index contributed by atoms with van der Waals surface area (Å²) in [5.74, 6) is 2.60. The summed E-state index contributed by atoms with van der Waals surface area (Å²) in [4.78, 5) is 4.73. The fourth-order valence-electron chi connectivity index (χ4n) is 5.57. The smallest absolute Gasteiger partial charge is 0.254 e. The first-order chi connectivity index (χ1) is 11.5. The molecular weight excluding hydrogens is 360 g/mol. The second-order valence-electron chi connectivity index (χ2n) is 7.77. The molecule has 1 N–H and O–H groups in total. The lowest BCUT2D eigenvalue weighted by Gasteiger charge is -2.56. The van der Waals surface area contributed by atoms with Crippen LogP contribution in [0.15, 0.2) is 27.1 Å². The van der Waals surface area contributed by atoms with Crippen LogP contribution >= 0.6 is 22.7 Å². The molecule has 0 unspecified atom stereocenters. The van der Waals surface area contributed by atoms with Crippen LogP contribution < -0.4 is 4.72 Å². The van der Waals surface area contributed by atoms with E-state index in [0.717, 1.165) is 23.4 Å². The van der Waals surface area contributed by atoms with E-state index in [2.05, 4.69) is 10.1 Å². The maximum Gasteiger partial charge on any atom is 0.273 e. The summed E-state index contributed by atoms with van der Waals surface area (Å²) >= 11 is 2.66. The van der Waals surface area contributed by atoms with Gasteiger partial charge in [-0.2, -0.15) is 0 Å². The molecule has 0 spiro atoms. The molecule has 4 fully saturated rings. The van der Waals surface area contributed by atoms with E-state index in [-0.39, 0.29) is 5.41 Å². The highest BCUT2D eigenvalue weighted by Crippen LogP contribution is 2.60. The van der Waals surface area contributed by atoms with Crippen LogP contribution in [0, 0.1) is 17.8 Å². The number of hydrogen-bond acceptors (Lipinski definition) is 5. The Morgan fingerprint density at radius 2 is 1.75 bits per heavy atom. The van der Waals surface area contributed by atoms with Gasteiger partial charge < -0.3 is 0 Å². The van der Waals surface area contributed by atoms with Gasteiger partial charge in [0, 0.05) is 10.8 Å². The highest BCUT2D eigenvalue weighted by Gasteiger charge is 2.52. The van der Waals surface area contributed by atoms with Gasteiger partial charge in [0.05, 0.1) is 5.69 Å². The van der Waals surface area contributed by atoms with E-state index in [1.165, 1.54) is 61.2 Å². The van der Waals surface area contributed by atoms with Crippen molar-refractivity contribution in [2.24, 2.45) is 17.8 Å². The van der Waals surface area contributed by atoms with E-state index < -0.39 is 10.0 Å². The molecule has 0 amide bonds. The van der Waals surface area contributed by atoms with Crippen molar-refractivity contribution in [2.45, 2.75) is 48.1 Å². The first-order valence-electron chi connectivity index (χ1n) is 8.55. The Balaban J connectivity index is 1.42. The fourth-order valence-corrected chi connectivity index (χ4v) is 8.65. The largest absolute Gasteiger partial charge is 0.273 e. The van der Waals surface area contributed by atoms with Crippen LogP contribution in [0.3, 0.4) is 0 Å². The van der Waals surface area contributed by atoms with Gasteiger partial charge in [0.25, 0.3) is 10.0 Å². The summed E-state index contributed by atoms with van der Waals surface area (Å²) in [6, 6.07) is 3.38. The highest BCUT2D eigenvalue weighted by atomic mass is 32.2. The molecule has 2 heterocycles. The number of aromatic nitrogens is 1. The molecule has 4 aliphatic rings. The Kier molecular flexibility index (Phi) is 3.38. The molecule has 2 aromatic rings. The van der Waals surface area contributed by atoms with E-state index in [9.17, 15) is 8.42 Å². The van der Waals surface area contributed by atoms with Gasteiger partial charge in [-0.3, -0.25) is 4.72 Å². The first-order valence-corrected chi connectivity index (χ1v) is 11.8. The molecular formula is C17H20N2O2S3. The lowest BCUT2D eigenvalue weighted by Crippen LogP contribution is -2.48. The molecule has 4 saturated carbocycles. The molecule has 6 rings (SSSR count). The number of thiophene rings is 1. The molecule has 0 atom stereocenters. The number of anilines is 1. The van der Waals surface area contributed by atoms with Gasteiger partial charge in [0.1, 0.15) is 4.21 Å². The average Bonchev–Trinajstić information content (AvgIpc) is 3.16. The normalized spacial score (nSPS) is 34.6. The summed E-state index contributed by atoms with van der Waals surface area (Å²) in [6.07, 6.45) is 7.96. The van der Waals surface area contributed by atoms with E-state index in [1.807, 2.05) is 0 Å². The molecule has 0 aliphatic heterocycles. The van der Waals surface area contributed by atoms with Crippen LogP contribution in [0.1, 0.15) is 44.2 Å². The Hall–Kier alpha value is -0.920. The van der Waals surface area contributed by atoms with Crippen molar-refractivity contribution in [3.05, 3.63) is 28.6 Å². The lowest BCUT2D eigenvalue weighted by atomic mass is 9.49. The van der Waals surface area contributed by atoms with Crippen LogP contribution in [-0.2, 0) is 15.4 Å². The van der Waals surface area contributed by atoms with E-state index in [1.54, 1.807) is 17.5 Å². The van der Waals surface area contributed by atoms with Gasteiger partial charge in [-0.1, -0.05) is 6.07 Å². The molecule has 4 aliphatic carbocycles. The summed E-state index contributed by atoms with van der Waals surface area (Å²) in [7, 11) is -3.50. The minimum Gasteiger partial charge on any atom is -0.254 e. The topological polar surface area (TPSA) is 59.1 Å². The SMILES string of the molecule is O=S(=O)(Nc1nc(C23CC4CC(CC(C4)C2)C3)cs1)c1cccs1. The van der Waals surface area contributed by atoms with E-state index >= 15 is 0 Å². The monoisotopic (exact) mass is 380 g/mol. The van der Waals surface area contributed by atoms with Gasteiger partial charge in [-0.15, -0.1) is 22.7 Å². The third kappa shape index (κ3) is 2.44. The summed E-state index contributed by atoms with van der Waals surface area (Å²) in [5.41, 5.74) is 1.35. The van der Waals surface area contributed by atoms with Crippen LogP contribution in [0.5, 0.6) is 0 Å². The van der Waals surface area contributed by atoms with Crippen molar-refractivity contribution in [1.29, 1.82) is 0 Å². The predicted molar refractivity (Wildman–Crippen MR) is 97.1 cm³/mol. The average molecular weight is 381 g/mol. The summed E-state index contributed by atoms with van der Waals surface area (Å²) in [5, 5.41) is 4.38.